The lowest BCUT2D eigenvalue weighted by Crippen LogP contribution is -2.11. The Bertz CT molecular complexity index is 774. The van der Waals surface area contributed by atoms with Gasteiger partial charge in [0.25, 0.3) is 0 Å². The Hall–Kier alpha value is -2.37. The largest absolute Gasteiger partial charge is 0.507 e. The standard InChI is InChI=1S/C18H17F4NO/c1-17(2,3)15-6-4-5-11(16(15)24)10-23-14-8-12(18(20,21)22)7-13(19)9-14/h4-10,24H,1-3H3. The summed E-state index contributed by atoms with van der Waals surface area (Å²) in [5, 5.41) is 10.3. The van der Waals surface area contributed by atoms with Crippen LogP contribution in [0.1, 0.15) is 37.5 Å². The number of hydrogen-bond acceptors (Lipinski definition) is 2. The predicted octanol–water partition coefficient (Wildman–Crippen LogP) is 5.60. The average Bonchev–Trinajstić information content (AvgIpc) is 2.43. The summed E-state index contributed by atoms with van der Waals surface area (Å²) in [6.07, 6.45) is -3.43. The van der Waals surface area contributed by atoms with Gasteiger partial charge in [0.2, 0.25) is 0 Å². The molecule has 0 aliphatic carbocycles. The highest BCUT2D eigenvalue weighted by Crippen LogP contribution is 2.34. The van der Waals surface area contributed by atoms with Gasteiger partial charge >= 0.3 is 6.18 Å². The number of halogens is 4. The van der Waals surface area contributed by atoms with Gasteiger partial charge in [-0.3, -0.25) is 4.99 Å². The minimum Gasteiger partial charge on any atom is -0.507 e. The highest BCUT2D eigenvalue weighted by atomic mass is 19.4. The summed E-state index contributed by atoms with van der Waals surface area (Å²) in [6, 6.07) is 7.13. The highest BCUT2D eigenvalue weighted by Gasteiger charge is 2.31. The topological polar surface area (TPSA) is 32.6 Å². The van der Waals surface area contributed by atoms with Gasteiger partial charge in [0, 0.05) is 11.8 Å². The zero-order valence-electron chi connectivity index (χ0n) is 13.4. The van der Waals surface area contributed by atoms with Gasteiger partial charge in [0.15, 0.2) is 0 Å². The van der Waals surface area contributed by atoms with E-state index < -0.39 is 17.6 Å². The second kappa shape index (κ2) is 6.26. The van der Waals surface area contributed by atoms with Crippen LogP contribution in [-0.2, 0) is 11.6 Å². The molecule has 0 heterocycles. The molecule has 0 saturated heterocycles. The molecule has 24 heavy (non-hydrogen) atoms. The van der Waals surface area contributed by atoms with Crippen molar-refractivity contribution in [1.82, 2.24) is 0 Å². The first-order chi connectivity index (χ1) is 11.0. The van der Waals surface area contributed by atoms with Crippen LogP contribution < -0.4 is 0 Å². The maximum absolute atomic E-state index is 13.4. The fourth-order valence-electron chi connectivity index (χ4n) is 2.23. The first-order valence-electron chi connectivity index (χ1n) is 7.23. The molecule has 0 radical (unpaired) electrons. The molecule has 2 aromatic carbocycles. The van der Waals surface area contributed by atoms with E-state index in [0.29, 0.717) is 17.2 Å². The molecule has 1 N–H and O–H groups in total. The van der Waals surface area contributed by atoms with Gasteiger partial charge < -0.3 is 5.11 Å². The molecule has 0 aliphatic rings. The number of para-hydroxylation sites is 1. The molecule has 6 heteroatoms. The zero-order chi connectivity index (χ0) is 18.1. The molecular formula is C18H17F4NO. The summed E-state index contributed by atoms with van der Waals surface area (Å²) in [5.41, 5.74) is -0.567. The van der Waals surface area contributed by atoms with E-state index in [1.54, 1.807) is 18.2 Å². The first kappa shape index (κ1) is 18.0. The Balaban J connectivity index is 2.41. The number of alkyl halides is 3. The summed E-state index contributed by atoms with van der Waals surface area (Å²) < 4.78 is 51.5. The van der Waals surface area contributed by atoms with Gasteiger partial charge in [0.05, 0.1) is 11.3 Å². The molecule has 0 bridgehead atoms. The lowest BCUT2D eigenvalue weighted by molar-refractivity contribution is -0.137. The van der Waals surface area contributed by atoms with Gasteiger partial charge in [-0.1, -0.05) is 32.9 Å². The van der Waals surface area contributed by atoms with E-state index in [2.05, 4.69) is 4.99 Å². The van der Waals surface area contributed by atoms with Crippen LogP contribution in [-0.4, -0.2) is 11.3 Å². The molecule has 0 unspecified atom stereocenters. The molecule has 128 valence electrons. The molecule has 2 aromatic rings. The summed E-state index contributed by atoms with van der Waals surface area (Å²) in [5.74, 6) is -1.02. The number of phenolic OH excluding ortho intramolecular Hbond substituents is 1. The number of hydrogen-bond donors (Lipinski definition) is 1. The smallest absolute Gasteiger partial charge is 0.416 e. The second-order valence-corrected chi connectivity index (χ2v) is 6.45. The third-order valence-corrected chi connectivity index (χ3v) is 3.44. The molecule has 0 aromatic heterocycles. The Kier molecular flexibility index (Phi) is 4.69. The van der Waals surface area contributed by atoms with E-state index in [4.69, 9.17) is 0 Å². The number of nitrogens with zero attached hydrogens (tertiary/aromatic N) is 1. The van der Waals surface area contributed by atoms with Crippen molar-refractivity contribution in [2.45, 2.75) is 32.4 Å². The van der Waals surface area contributed by atoms with Crippen molar-refractivity contribution in [3.63, 3.8) is 0 Å². The van der Waals surface area contributed by atoms with Gasteiger partial charge in [-0.05, 0) is 35.2 Å². The number of phenols is 1. The molecule has 0 aliphatic heterocycles. The summed E-state index contributed by atoms with van der Waals surface area (Å²) in [4.78, 5) is 3.87. The van der Waals surface area contributed by atoms with Crippen LogP contribution in [0, 0.1) is 5.82 Å². The second-order valence-electron chi connectivity index (χ2n) is 6.45. The van der Waals surface area contributed by atoms with Gasteiger partial charge in [-0.25, -0.2) is 4.39 Å². The first-order valence-corrected chi connectivity index (χ1v) is 7.23. The van der Waals surface area contributed by atoms with Gasteiger partial charge in [0.1, 0.15) is 11.6 Å². The number of aromatic hydroxyl groups is 1. The summed E-state index contributed by atoms with van der Waals surface area (Å²) in [7, 11) is 0. The van der Waals surface area contributed by atoms with E-state index in [9.17, 15) is 22.7 Å². The van der Waals surface area contributed by atoms with E-state index in [1.165, 1.54) is 6.21 Å². The third-order valence-electron chi connectivity index (χ3n) is 3.44. The van der Waals surface area contributed by atoms with Crippen LogP contribution in [0.4, 0.5) is 23.2 Å². The predicted molar refractivity (Wildman–Crippen MR) is 85.5 cm³/mol. The summed E-state index contributed by atoms with van der Waals surface area (Å²) >= 11 is 0. The van der Waals surface area contributed by atoms with Crippen LogP contribution >= 0.6 is 0 Å². The molecule has 0 spiro atoms. The Labute approximate surface area is 137 Å². The molecule has 2 nitrogen and oxygen atoms in total. The maximum Gasteiger partial charge on any atom is 0.416 e. The lowest BCUT2D eigenvalue weighted by atomic mass is 9.85. The van der Waals surface area contributed by atoms with E-state index >= 15 is 0 Å². The Morgan fingerprint density at radius 3 is 2.29 bits per heavy atom. The van der Waals surface area contributed by atoms with Crippen LogP contribution in [0.5, 0.6) is 5.75 Å². The van der Waals surface area contributed by atoms with Crippen LogP contribution in [0.3, 0.4) is 0 Å². The van der Waals surface area contributed by atoms with E-state index in [-0.39, 0.29) is 16.9 Å². The fourth-order valence-corrected chi connectivity index (χ4v) is 2.23. The minimum atomic E-state index is -4.65. The maximum atomic E-state index is 13.4. The van der Waals surface area contributed by atoms with Crippen molar-refractivity contribution >= 4 is 11.9 Å². The lowest BCUT2D eigenvalue weighted by Gasteiger charge is -2.21. The molecule has 0 amide bonds. The third kappa shape index (κ3) is 4.13. The van der Waals surface area contributed by atoms with Crippen LogP contribution in [0.25, 0.3) is 0 Å². The normalized spacial score (nSPS) is 12.8. The molecule has 0 atom stereocenters. The van der Waals surface area contributed by atoms with Gasteiger partial charge in [-0.2, -0.15) is 13.2 Å². The van der Waals surface area contributed by atoms with Crippen molar-refractivity contribution in [3.8, 4) is 5.75 Å². The van der Waals surface area contributed by atoms with Crippen molar-refractivity contribution < 1.29 is 22.7 Å². The fraction of sp³-hybridized carbons (Fsp3) is 0.278. The van der Waals surface area contributed by atoms with Crippen LogP contribution in [0.15, 0.2) is 41.4 Å². The quantitative estimate of drug-likeness (QED) is 0.561. The number of rotatable bonds is 2. The highest BCUT2D eigenvalue weighted by molar-refractivity contribution is 5.86. The van der Waals surface area contributed by atoms with Gasteiger partial charge in [-0.15, -0.1) is 0 Å². The van der Waals surface area contributed by atoms with Crippen molar-refractivity contribution in [1.29, 1.82) is 0 Å². The molecule has 0 fully saturated rings. The Morgan fingerprint density at radius 1 is 1.04 bits per heavy atom. The number of aliphatic imine (C=N–C) groups is 1. The average molecular weight is 339 g/mol. The SMILES string of the molecule is CC(C)(C)c1cccc(C=Nc2cc(F)cc(C(F)(F)F)c2)c1O. The Morgan fingerprint density at radius 2 is 1.71 bits per heavy atom. The molecule has 2 rings (SSSR count). The van der Waals surface area contributed by atoms with Crippen molar-refractivity contribution in [2.75, 3.05) is 0 Å². The van der Waals surface area contributed by atoms with E-state index in [1.807, 2.05) is 20.8 Å². The summed E-state index contributed by atoms with van der Waals surface area (Å²) in [6.45, 7) is 5.77. The van der Waals surface area contributed by atoms with Crippen LogP contribution in [0.2, 0.25) is 0 Å². The van der Waals surface area contributed by atoms with Crippen molar-refractivity contribution in [3.05, 3.63) is 58.9 Å². The monoisotopic (exact) mass is 339 g/mol. The minimum absolute atomic E-state index is 0.00111. The van der Waals surface area contributed by atoms with Crippen molar-refractivity contribution in [2.24, 2.45) is 4.99 Å². The number of benzene rings is 2. The zero-order valence-corrected chi connectivity index (χ0v) is 13.4. The molecule has 0 saturated carbocycles. The van der Waals surface area contributed by atoms with E-state index in [0.717, 1.165) is 12.1 Å². The molecular weight excluding hydrogens is 322 g/mol.